The van der Waals surface area contributed by atoms with Crippen LogP contribution in [0, 0.1) is 5.92 Å². The first kappa shape index (κ1) is 29.3. The van der Waals surface area contributed by atoms with Crippen LogP contribution in [0.5, 0.6) is 11.5 Å². The highest BCUT2D eigenvalue weighted by Crippen LogP contribution is 2.29. The van der Waals surface area contributed by atoms with Gasteiger partial charge < -0.3 is 24.2 Å². The number of fused-ring (bicyclic) bond motifs is 1. The van der Waals surface area contributed by atoms with E-state index in [0.717, 1.165) is 42.5 Å². The molecule has 0 unspecified atom stereocenters. The molecule has 1 amide bonds. The van der Waals surface area contributed by atoms with Crippen LogP contribution in [-0.4, -0.2) is 34.0 Å². The normalized spacial score (nSPS) is 11.5. The topological polar surface area (TPSA) is 102 Å². The summed E-state index contributed by atoms with van der Waals surface area (Å²) in [6.45, 7) is 4.89. The van der Waals surface area contributed by atoms with Gasteiger partial charge >= 0.3 is 0 Å². The average molecular weight is 563 g/mol. The van der Waals surface area contributed by atoms with Gasteiger partial charge in [0, 0.05) is 35.8 Å². The number of carbonyl (C=O) groups excluding carboxylic acids is 1. The van der Waals surface area contributed by atoms with Crippen molar-refractivity contribution < 1.29 is 18.7 Å². The van der Waals surface area contributed by atoms with Gasteiger partial charge in [0.15, 0.2) is 18.1 Å². The Kier molecular flexibility index (Phi) is 11.1. The van der Waals surface area contributed by atoms with E-state index in [-0.39, 0.29) is 12.5 Å². The minimum Gasteiger partial charge on any atom is -0.493 e. The van der Waals surface area contributed by atoms with Crippen molar-refractivity contribution >= 4 is 28.6 Å². The number of H-pyrrole nitrogens is 1. The van der Waals surface area contributed by atoms with Crippen molar-refractivity contribution in [3.05, 3.63) is 77.8 Å². The van der Waals surface area contributed by atoms with Gasteiger partial charge in [0.25, 0.3) is 11.1 Å². The summed E-state index contributed by atoms with van der Waals surface area (Å²) in [5.74, 6) is 2.99. The summed E-state index contributed by atoms with van der Waals surface area (Å²) in [6, 6.07) is 13.9. The molecule has 9 heteroatoms. The second-order valence-electron chi connectivity index (χ2n) is 9.89. The van der Waals surface area contributed by atoms with Crippen molar-refractivity contribution in [1.82, 2.24) is 20.5 Å². The zero-order chi connectivity index (χ0) is 28.2. The minimum absolute atomic E-state index is 0.0543. The Morgan fingerprint density at radius 3 is 2.88 bits per heavy atom. The van der Waals surface area contributed by atoms with E-state index in [1.54, 1.807) is 7.11 Å². The highest BCUT2D eigenvalue weighted by Gasteiger charge is 2.12. The fraction of sp³-hybridized carbons (Fsp3) is 0.387. The summed E-state index contributed by atoms with van der Waals surface area (Å²) in [5.41, 5.74) is 3.35. The molecule has 4 aromatic rings. The zero-order valence-electron chi connectivity index (χ0n) is 23.4. The van der Waals surface area contributed by atoms with E-state index < -0.39 is 0 Å². The monoisotopic (exact) mass is 562 g/mol. The number of hydrogen-bond acceptors (Lipinski definition) is 7. The van der Waals surface area contributed by atoms with Gasteiger partial charge in [0.2, 0.25) is 5.91 Å². The van der Waals surface area contributed by atoms with E-state index in [0.29, 0.717) is 41.5 Å². The molecule has 0 radical (unpaired) electrons. The Morgan fingerprint density at radius 1 is 1.15 bits per heavy atom. The van der Waals surface area contributed by atoms with Crippen molar-refractivity contribution in [1.29, 1.82) is 0 Å². The van der Waals surface area contributed by atoms with Crippen LogP contribution >= 0.6 is 11.8 Å². The molecule has 0 aliphatic carbocycles. The fourth-order valence-corrected chi connectivity index (χ4v) is 4.98. The molecule has 4 rings (SSSR count). The van der Waals surface area contributed by atoms with E-state index in [9.17, 15) is 4.79 Å². The zero-order valence-corrected chi connectivity index (χ0v) is 24.3. The number of rotatable bonds is 16. The third kappa shape index (κ3) is 8.91. The lowest BCUT2D eigenvalue weighted by Crippen LogP contribution is -2.22. The van der Waals surface area contributed by atoms with E-state index in [1.165, 1.54) is 22.7 Å². The lowest BCUT2D eigenvalue weighted by Gasteiger charge is -2.12. The number of hydrogen-bond donors (Lipinski definition) is 2. The van der Waals surface area contributed by atoms with Crippen LogP contribution in [0.3, 0.4) is 0 Å². The number of aromatic nitrogens is 3. The van der Waals surface area contributed by atoms with Crippen LogP contribution in [0.4, 0.5) is 0 Å². The number of allylic oxidation sites excluding steroid dienone is 2. The van der Waals surface area contributed by atoms with Crippen LogP contribution in [-0.2, 0) is 24.4 Å². The highest BCUT2D eigenvalue weighted by atomic mass is 32.2. The molecular weight excluding hydrogens is 524 g/mol. The van der Waals surface area contributed by atoms with E-state index >= 15 is 0 Å². The summed E-state index contributed by atoms with van der Waals surface area (Å²) < 4.78 is 17.2. The van der Waals surface area contributed by atoms with Crippen LogP contribution < -0.4 is 14.8 Å². The summed E-state index contributed by atoms with van der Waals surface area (Å²) >= 11 is 1.52. The lowest BCUT2D eigenvalue weighted by molar-refractivity contribution is -0.121. The molecular formula is C31H38N4O4S. The standard InChI is InChI=1S/C31H38N4O4S/c1-22(2)10-6-4-5-7-13-29(36)33-19-23-14-15-27(28(18-23)37-3)38-21-30-34-35-31(39-30)40-17-16-24-20-32-26-12-9-8-11-25(24)26/h6,8-12,14-15,18,20,22,32H,4-5,7,13,16-17,19,21H2,1-3H3,(H,33,36)/b10-6+. The average Bonchev–Trinajstić information content (AvgIpc) is 3.59. The SMILES string of the molecule is COc1cc(CNC(=O)CCCC/C=C/C(C)C)ccc1OCc1nnc(SCCc2c[nH]c3ccccc23)o1. The second-order valence-corrected chi connectivity index (χ2v) is 10.9. The highest BCUT2D eigenvalue weighted by molar-refractivity contribution is 7.99. The number of aryl methyl sites for hydroxylation is 1. The molecule has 0 saturated carbocycles. The Bertz CT molecular complexity index is 1400. The van der Waals surface area contributed by atoms with Crippen molar-refractivity contribution in [2.75, 3.05) is 12.9 Å². The molecule has 40 heavy (non-hydrogen) atoms. The summed E-state index contributed by atoms with van der Waals surface area (Å²) in [4.78, 5) is 15.5. The summed E-state index contributed by atoms with van der Waals surface area (Å²) in [7, 11) is 1.59. The van der Waals surface area contributed by atoms with Crippen LogP contribution in [0.25, 0.3) is 10.9 Å². The molecule has 0 aliphatic rings. The number of amides is 1. The van der Waals surface area contributed by atoms with Gasteiger partial charge in [-0.25, -0.2) is 0 Å². The molecule has 0 saturated heterocycles. The van der Waals surface area contributed by atoms with Gasteiger partial charge in [-0.15, -0.1) is 10.2 Å². The van der Waals surface area contributed by atoms with Crippen molar-refractivity contribution in [3.63, 3.8) is 0 Å². The number of thioether (sulfide) groups is 1. The van der Waals surface area contributed by atoms with E-state index in [1.807, 2.05) is 30.3 Å². The number of methoxy groups -OCH3 is 1. The number of para-hydroxylation sites is 1. The van der Waals surface area contributed by atoms with Gasteiger partial charge in [-0.2, -0.15) is 0 Å². The number of nitrogens with one attached hydrogen (secondary N) is 2. The van der Waals surface area contributed by atoms with Gasteiger partial charge in [0.05, 0.1) is 7.11 Å². The number of carbonyl (C=O) groups is 1. The largest absolute Gasteiger partial charge is 0.493 e. The number of benzene rings is 2. The van der Waals surface area contributed by atoms with E-state index in [4.69, 9.17) is 13.9 Å². The maximum absolute atomic E-state index is 12.2. The van der Waals surface area contributed by atoms with Gasteiger partial charge in [-0.1, -0.05) is 62.0 Å². The van der Waals surface area contributed by atoms with Crippen molar-refractivity contribution in [2.24, 2.45) is 5.92 Å². The van der Waals surface area contributed by atoms with Crippen molar-refractivity contribution in [2.45, 2.75) is 64.3 Å². The third-order valence-electron chi connectivity index (χ3n) is 6.33. The number of unbranched alkanes of at least 4 members (excludes halogenated alkanes) is 2. The Balaban J connectivity index is 1.18. The summed E-state index contributed by atoms with van der Waals surface area (Å²) in [6.07, 6.45) is 10.8. The van der Waals surface area contributed by atoms with Crippen LogP contribution in [0.1, 0.15) is 56.5 Å². The number of aromatic amines is 1. The molecule has 0 fully saturated rings. The number of nitrogens with zero attached hydrogens (tertiary/aromatic N) is 2. The van der Waals surface area contributed by atoms with Gasteiger partial charge in [0.1, 0.15) is 0 Å². The lowest BCUT2D eigenvalue weighted by atomic mass is 10.1. The molecule has 0 spiro atoms. The van der Waals surface area contributed by atoms with Gasteiger partial charge in [-0.05, 0) is 60.9 Å². The van der Waals surface area contributed by atoms with Gasteiger partial charge in [-0.3, -0.25) is 4.79 Å². The van der Waals surface area contributed by atoms with Crippen LogP contribution in [0.2, 0.25) is 0 Å². The molecule has 212 valence electrons. The molecule has 0 atom stereocenters. The third-order valence-corrected chi connectivity index (χ3v) is 7.15. The fourth-order valence-electron chi connectivity index (χ4n) is 4.23. The van der Waals surface area contributed by atoms with E-state index in [2.05, 4.69) is 64.8 Å². The molecule has 2 N–H and O–H groups in total. The first-order chi connectivity index (χ1) is 19.5. The Labute approximate surface area is 239 Å². The molecule has 2 aromatic carbocycles. The molecule has 2 aromatic heterocycles. The molecule has 8 nitrogen and oxygen atoms in total. The van der Waals surface area contributed by atoms with Crippen LogP contribution in [0.15, 0.2) is 70.5 Å². The minimum atomic E-state index is 0.0543. The number of ether oxygens (including phenoxy) is 2. The first-order valence-electron chi connectivity index (χ1n) is 13.7. The predicted octanol–water partition coefficient (Wildman–Crippen LogP) is 6.86. The second kappa shape index (κ2) is 15.2. The Morgan fingerprint density at radius 2 is 2.02 bits per heavy atom. The Hall–Kier alpha value is -3.72. The predicted molar refractivity (Wildman–Crippen MR) is 159 cm³/mol. The quantitative estimate of drug-likeness (QED) is 0.0873. The van der Waals surface area contributed by atoms with Crippen molar-refractivity contribution in [3.8, 4) is 11.5 Å². The summed E-state index contributed by atoms with van der Waals surface area (Å²) in [5, 5.41) is 13.0. The maximum Gasteiger partial charge on any atom is 0.276 e. The smallest absolute Gasteiger partial charge is 0.276 e. The first-order valence-corrected chi connectivity index (χ1v) is 14.7. The molecule has 2 heterocycles. The molecule has 0 aliphatic heterocycles. The molecule has 0 bridgehead atoms. The maximum atomic E-state index is 12.2.